The van der Waals surface area contributed by atoms with Gasteiger partial charge in [0.1, 0.15) is 0 Å². The van der Waals surface area contributed by atoms with E-state index in [4.69, 9.17) is 4.74 Å². The molecule has 1 saturated carbocycles. The molecular formula is C17H27FN2O. The molecule has 1 atom stereocenters. The summed E-state index contributed by atoms with van der Waals surface area (Å²) < 4.78 is 19.9. The van der Waals surface area contributed by atoms with Crippen molar-refractivity contribution in [3.05, 3.63) is 29.6 Å². The molecule has 1 N–H and O–H groups in total. The first-order valence-corrected chi connectivity index (χ1v) is 7.74. The monoisotopic (exact) mass is 294 g/mol. The molecule has 3 nitrogen and oxygen atoms in total. The summed E-state index contributed by atoms with van der Waals surface area (Å²) in [6.45, 7) is 0. The Morgan fingerprint density at radius 3 is 2.43 bits per heavy atom. The summed E-state index contributed by atoms with van der Waals surface area (Å²) in [6.07, 6.45) is 5.83. The molecule has 118 valence electrons. The number of halogens is 1. The van der Waals surface area contributed by atoms with Crippen molar-refractivity contribution in [2.75, 3.05) is 28.3 Å². The van der Waals surface area contributed by atoms with E-state index in [0.29, 0.717) is 11.3 Å². The second-order valence-corrected chi connectivity index (χ2v) is 6.14. The predicted octanol–water partition coefficient (Wildman–Crippen LogP) is 3.36. The van der Waals surface area contributed by atoms with E-state index < -0.39 is 0 Å². The Morgan fingerprint density at radius 1 is 1.24 bits per heavy atom. The highest BCUT2D eigenvalue weighted by Gasteiger charge is 2.43. The maximum absolute atomic E-state index is 14.7. The number of benzene rings is 1. The van der Waals surface area contributed by atoms with Crippen molar-refractivity contribution in [2.24, 2.45) is 0 Å². The summed E-state index contributed by atoms with van der Waals surface area (Å²) in [6, 6.07) is 5.38. The molecule has 0 aromatic heterocycles. The number of nitrogens with zero attached hydrogens (tertiary/aromatic N) is 1. The maximum atomic E-state index is 14.7. The zero-order chi connectivity index (χ0) is 15.5. The highest BCUT2D eigenvalue weighted by Crippen LogP contribution is 2.43. The fourth-order valence-corrected chi connectivity index (χ4v) is 3.78. The third-order valence-corrected chi connectivity index (χ3v) is 4.96. The number of hydrogen-bond acceptors (Lipinski definition) is 3. The van der Waals surface area contributed by atoms with Crippen molar-refractivity contribution in [3.8, 4) is 5.75 Å². The average Bonchev–Trinajstić information content (AvgIpc) is 2.50. The quantitative estimate of drug-likeness (QED) is 0.901. The van der Waals surface area contributed by atoms with Gasteiger partial charge in [0.2, 0.25) is 0 Å². The molecule has 1 fully saturated rings. The van der Waals surface area contributed by atoms with E-state index in [0.717, 1.165) is 12.8 Å². The van der Waals surface area contributed by atoms with Crippen LogP contribution in [-0.4, -0.2) is 38.7 Å². The normalized spacial score (nSPS) is 19.5. The van der Waals surface area contributed by atoms with Gasteiger partial charge in [-0.3, -0.25) is 0 Å². The lowest BCUT2D eigenvalue weighted by molar-refractivity contribution is 0.0579. The minimum atomic E-state index is -0.244. The van der Waals surface area contributed by atoms with Crippen molar-refractivity contribution in [3.63, 3.8) is 0 Å². The van der Waals surface area contributed by atoms with Crippen molar-refractivity contribution in [1.82, 2.24) is 10.2 Å². The van der Waals surface area contributed by atoms with Crippen LogP contribution in [0.2, 0.25) is 0 Å². The molecule has 0 radical (unpaired) electrons. The fourth-order valence-electron chi connectivity index (χ4n) is 3.78. The highest BCUT2D eigenvalue weighted by molar-refractivity contribution is 5.35. The van der Waals surface area contributed by atoms with Crippen LogP contribution in [0.4, 0.5) is 4.39 Å². The summed E-state index contributed by atoms with van der Waals surface area (Å²) in [5, 5.41) is 3.37. The van der Waals surface area contributed by atoms with E-state index >= 15 is 0 Å². The number of nitrogens with one attached hydrogen (secondary N) is 1. The van der Waals surface area contributed by atoms with Gasteiger partial charge in [-0.05, 0) is 40.1 Å². The Labute approximate surface area is 127 Å². The van der Waals surface area contributed by atoms with E-state index in [1.165, 1.54) is 26.4 Å². The van der Waals surface area contributed by atoms with Crippen LogP contribution in [0.5, 0.6) is 5.75 Å². The van der Waals surface area contributed by atoms with Crippen LogP contribution in [0.3, 0.4) is 0 Å². The zero-order valence-corrected chi connectivity index (χ0v) is 13.6. The highest BCUT2D eigenvalue weighted by atomic mass is 19.1. The molecule has 2 rings (SSSR count). The van der Waals surface area contributed by atoms with Crippen LogP contribution < -0.4 is 10.1 Å². The predicted molar refractivity (Wildman–Crippen MR) is 84.3 cm³/mol. The lowest BCUT2D eigenvalue weighted by Gasteiger charge is -2.48. The molecule has 0 amide bonds. The molecule has 0 bridgehead atoms. The van der Waals surface area contributed by atoms with Gasteiger partial charge in [0, 0.05) is 11.1 Å². The third-order valence-electron chi connectivity index (χ3n) is 4.96. The van der Waals surface area contributed by atoms with Crippen LogP contribution >= 0.6 is 0 Å². The van der Waals surface area contributed by atoms with Crippen LogP contribution in [-0.2, 0) is 0 Å². The number of hydrogen-bond donors (Lipinski definition) is 1. The number of likely N-dealkylation sites (N-methyl/N-ethyl adjacent to an activating group) is 2. The van der Waals surface area contributed by atoms with Gasteiger partial charge in [-0.15, -0.1) is 0 Å². The van der Waals surface area contributed by atoms with Gasteiger partial charge >= 0.3 is 0 Å². The molecule has 1 unspecified atom stereocenters. The van der Waals surface area contributed by atoms with Crippen molar-refractivity contribution < 1.29 is 9.13 Å². The second kappa shape index (κ2) is 6.75. The van der Waals surface area contributed by atoms with Crippen molar-refractivity contribution >= 4 is 0 Å². The topological polar surface area (TPSA) is 24.5 Å². The SMILES string of the molecule is CNC(c1cccc(OC)c1F)C1(N(C)C)CCCCC1. The van der Waals surface area contributed by atoms with Gasteiger partial charge < -0.3 is 15.0 Å². The van der Waals surface area contributed by atoms with Gasteiger partial charge in [-0.2, -0.15) is 0 Å². The van der Waals surface area contributed by atoms with E-state index in [1.807, 2.05) is 19.2 Å². The molecule has 1 aromatic carbocycles. The third kappa shape index (κ3) is 2.92. The Morgan fingerprint density at radius 2 is 1.90 bits per heavy atom. The second-order valence-electron chi connectivity index (χ2n) is 6.14. The van der Waals surface area contributed by atoms with Gasteiger partial charge in [0.15, 0.2) is 11.6 Å². The fraction of sp³-hybridized carbons (Fsp3) is 0.647. The minimum Gasteiger partial charge on any atom is -0.494 e. The van der Waals surface area contributed by atoms with Crippen LogP contribution in [0.15, 0.2) is 18.2 Å². The molecule has 4 heteroatoms. The molecule has 21 heavy (non-hydrogen) atoms. The van der Waals surface area contributed by atoms with Crippen molar-refractivity contribution in [1.29, 1.82) is 0 Å². The molecule has 1 aliphatic rings. The summed E-state index contributed by atoms with van der Waals surface area (Å²) in [4.78, 5) is 2.27. The summed E-state index contributed by atoms with van der Waals surface area (Å²) in [5.74, 6) is 0.0728. The molecule has 0 saturated heterocycles. The Kier molecular flexibility index (Phi) is 5.22. The number of methoxy groups -OCH3 is 1. The Balaban J connectivity index is 2.46. The Hall–Kier alpha value is -1.13. The summed E-state index contributed by atoms with van der Waals surface area (Å²) >= 11 is 0. The summed E-state index contributed by atoms with van der Waals surface area (Å²) in [7, 11) is 7.64. The number of rotatable bonds is 5. The van der Waals surface area contributed by atoms with Crippen LogP contribution in [0.25, 0.3) is 0 Å². The summed E-state index contributed by atoms with van der Waals surface area (Å²) in [5.41, 5.74) is 0.660. The molecule has 0 heterocycles. The van der Waals surface area contributed by atoms with E-state index in [2.05, 4.69) is 24.3 Å². The molecule has 1 aromatic rings. The van der Waals surface area contributed by atoms with Crippen molar-refractivity contribution in [2.45, 2.75) is 43.7 Å². The van der Waals surface area contributed by atoms with Gasteiger partial charge in [0.05, 0.1) is 13.2 Å². The first-order valence-electron chi connectivity index (χ1n) is 7.74. The lowest BCUT2D eigenvalue weighted by atomic mass is 9.73. The molecule has 1 aliphatic carbocycles. The first-order chi connectivity index (χ1) is 10.1. The maximum Gasteiger partial charge on any atom is 0.169 e. The minimum absolute atomic E-state index is 0.0390. The molecular weight excluding hydrogens is 267 g/mol. The van der Waals surface area contributed by atoms with Gasteiger partial charge in [-0.1, -0.05) is 31.4 Å². The largest absolute Gasteiger partial charge is 0.494 e. The van der Waals surface area contributed by atoms with E-state index in [9.17, 15) is 4.39 Å². The average molecular weight is 294 g/mol. The first kappa shape index (κ1) is 16.2. The standard InChI is InChI=1S/C17H27FN2O/c1-19-16(13-9-8-10-14(21-4)15(13)18)17(20(2)3)11-6-5-7-12-17/h8-10,16,19H,5-7,11-12H2,1-4H3. The van der Waals surface area contributed by atoms with Crippen LogP contribution in [0, 0.1) is 5.82 Å². The molecule has 0 spiro atoms. The van der Waals surface area contributed by atoms with E-state index in [1.54, 1.807) is 6.07 Å². The van der Waals surface area contributed by atoms with Gasteiger partial charge in [-0.25, -0.2) is 4.39 Å². The zero-order valence-electron chi connectivity index (χ0n) is 13.6. The lowest BCUT2D eigenvalue weighted by Crippen LogP contribution is -2.54. The van der Waals surface area contributed by atoms with E-state index in [-0.39, 0.29) is 17.4 Å². The molecule has 0 aliphatic heterocycles. The van der Waals surface area contributed by atoms with Crippen LogP contribution in [0.1, 0.15) is 43.7 Å². The van der Waals surface area contributed by atoms with Gasteiger partial charge in [0.25, 0.3) is 0 Å². The Bertz CT molecular complexity index is 470. The number of ether oxygens (including phenoxy) is 1. The smallest absolute Gasteiger partial charge is 0.169 e.